The SMILES string of the molecule is O=c1cc2n(cc1O)CCN(CCn1nc3ccccc3n1)C2.O=c1cc2n(cc1O)CCN(Cc1cccc(OC(F)(F)F)c1)C2. The molecular formula is C32H32F3N7O5. The molecule has 0 saturated heterocycles. The van der Waals surface area contributed by atoms with Gasteiger partial charge in [0.05, 0.1) is 18.9 Å². The molecule has 2 aliphatic rings. The van der Waals surface area contributed by atoms with Gasteiger partial charge in [0.1, 0.15) is 16.8 Å². The topological polar surface area (TPSA) is 131 Å². The summed E-state index contributed by atoms with van der Waals surface area (Å²) >= 11 is 0. The third-order valence-corrected chi connectivity index (χ3v) is 7.96. The fraction of sp³-hybridized carbons (Fsp3) is 0.312. The number of rotatable bonds is 6. The zero-order valence-corrected chi connectivity index (χ0v) is 25.2. The molecule has 2 aliphatic heterocycles. The van der Waals surface area contributed by atoms with Crippen LogP contribution in [0.4, 0.5) is 13.2 Å². The number of hydrogen-bond acceptors (Lipinski definition) is 9. The quantitative estimate of drug-likeness (QED) is 0.284. The Kier molecular flexibility index (Phi) is 9.00. The van der Waals surface area contributed by atoms with Crippen LogP contribution in [0.1, 0.15) is 17.0 Å². The second kappa shape index (κ2) is 13.3. The number of halogens is 3. The number of benzene rings is 2. The zero-order valence-electron chi connectivity index (χ0n) is 25.2. The Morgan fingerprint density at radius 1 is 0.723 bits per heavy atom. The fourth-order valence-corrected chi connectivity index (χ4v) is 5.67. The van der Waals surface area contributed by atoms with Crippen LogP contribution >= 0.6 is 0 Å². The van der Waals surface area contributed by atoms with E-state index in [0.29, 0.717) is 44.8 Å². The van der Waals surface area contributed by atoms with Gasteiger partial charge in [0.15, 0.2) is 11.5 Å². The Labute approximate surface area is 266 Å². The van der Waals surface area contributed by atoms with E-state index in [1.807, 2.05) is 33.7 Å². The lowest BCUT2D eigenvalue weighted by Crippen LogP contribution is -2.37. The van der Waals surface area contributed by atoms with Crippen LogP contribution in [0.25, 0.3) is 11.0 Å². The minimum atomic E-state index is -4.72. The first-order valence-corrected chi connectivity index (χ1v) is 14.9. The van der Waals surface area contributed by atoms with Crippen molar-refractivity contribution in [2.24, 2.45) is 0 Å². The molecule has 12 nitrogen and oxygen atoms in total. The Morgan fingerprint density at radius 3 is 1.89 bits per heavy atom. The van der Waals surface area contributed by atoms with E-state index in [1.54, 1.807) is 15.4 Å². The first-order chi connectivity index (χ1) is 22.5. The van der Waals surface area contributed by atoms with Crippen LogP contribution in [0.5, 0.6) is 17.2 Å². The number of aromatic nitrogens is 5. The highest BCUT2D eigenvalue weighted by Crippen LogP contribution is 2.25. The smallest absolute Gasteiger partial charge is 0.503 e. The summed E-state index contributed by atoms with van der Waals surface area (Å²) in [6.07, 6.45) is -1.78. The first-order valence-electron chi connectivity index (χ1n) is 14.9. The molecule has 2 N–H and O–H groups in total. The number of pyridine rings is 2. The maximum absolute atomic E-state index is 12.3. The predicted octanol–water partition coefficient (Wildman–Crippen LogP) is 3.28. The summed E-state index contributed by atoms with van der Waals surface area (Å²) in [7, 11) is 0. The second-order valence-corrected chi connectivity index (χ2v) is 11.4. The van der Waals surface area contributed by atoms with Crippen molar-refractivity contribution < 1.29 is 28.1 Å². The molecule has 5 heterocycles. The van der Waals surface area contributed by atoms with Crippen LogP contribution in [0.15, 0.2) is 82.6 Å². The van der Waals surface area contributed by atoms with E-state index >= 15 is 0 Å². The van der Waals surface area contributed by atoms with E-state index in [9.17, 15) is 33.0 Å². The molecule has 0 radical (unpaired) electrons. The maximum Gasteiger partial charge on any atom is 0.573 e. The highest BCUT2D eigenvalue weighted by atomic mass is 19.4. The van der Waals surface area contributed by atoms with Crippen molar-refractivity contribution >= 4 is 11.0 Å². The highest BCUT2D eigenvalue weighted by Gasteiger charge is 2.31. The molecule has 0 amide bonds. The molecule has 2 aromatic carbocycles. The zero-order chi connectivity index (χ0) is 33.1. The van der Waals surface area contributed by atoms with Crippen molar-refractivity contribution in [2.45, 2.75) is 45.6 Å². The summed E-state index contributed by atoms with van der Waals surface area (Å²) in [6.45, 7) is 5.99. The third kappa shape index (κ3) is 7.99. The molecule has 0 aliphatic carbocycles. The summed E-state index contributed by atoms with van der Waals surface area (Å²) in [5, 5.41) is 27.9. The lowest BCUT2D eigenvalue weighted by atomic mass is 10.1. The molecule has 0 saturated carbocycles. The molecule has 5 aromatic rings. The lowest BCUT2D eigenvalue weighted by molar-refractivity contribution is -0.274. The van der Waals surface area contributed by atoms with Gasteiger partial charge in [-0.15, -0.1) is 13.2 Å². The molecule has 7 rings (SSSR count). The lowest BCUT2D eigenvalue weighted by Gasteiger charge is -2.30. The third-order valence-electron chi connectivity index (χ3n) is 7.96. The van der Waals surface area contributed by atoms with Gasteiger partial charge < -0.3 is 24.1 Å². The maximum atomic E-state index is 12.3. The van der Waals surface area contributed by atoms with Crippen molar-refractivity contribution in [3.63, 3.8) is 0 Å². The minimum Gasteiger partial charge on any atom is -0.503 e. The number of hydrogen-bond donors (Lipinski definition) is 2. The number of alkyl halides is 3. The van der Waals surface area contributed by atoms with Gasteiger partial charge in [0.2, 0.25) is 10.9 Å². The Hall–Kier alpha value is -5.15. The van der Waals surface area contributed by atoms with Crippen LogP contribution in [0, 0.1) is 0 Å². The Bertz CT molecular complexity index is 1970. The van der Waals surface area contributed by atoms with Crippen molar-refractivity contribution in [3.05, 3.63) is 110 Å². The molecule has 3 aromatic heterocycles. The summed E-state index contributed by atoms with van der Waals surface area (Å²) in [4.78, 5) is 29.1. The summed E-state index contributed by atoms with van der Waals surface area (Å²) in [6, 6.07) is 16.6. The molecule has 47 heavy (non-hydrogen) atoms. The van der Waals surface area contributed by atoms with Crippen LogP contribution in [0.3, 0.4) is 0 Å². The van der Waals surface area contributed by atoms with E-state index in [1.165, 1.54) is 42.7 Å². The molecule has 0 unspecified atom stereocenters. The van der Waals surface area contributed by atoms with Crippen LogP contribution in [0.2, 0.25) is 0 Å². The van der Waals surface area contributed by atoms with Crippen molar-refractivity contribution in [2.75, 3.05) is 19.6 Å². The van der Waals surface area contributed by atoms with Gasteiger partial charge in [0.25, 0.3) is 0 Å². The Balaban J connectivity index is 0.000000164. The number of ether oxygens (including phenoxy) is 1. The second-order valence-electron chi connectivity index (χ2n) is 11.4. The average Bonchev–Trinajstić information content (AvgIpc) is 3.44. The van der Waals surface area contributed by atoms with Crippen LogP contribution in [-0.4, -0.2) is 70.1 Å². The molecule has 0 spiro atoms. The van der Waals surface area contributed by atoms with E-state index < -0.39 is 11.8 Å². The van der Waals surface area contributed by atoms with Gasteiger partial charge in [0, 0.05) is 75.9 Å². The van der Waals surface area contributed by atoms with E-state index in [2.05, 4.69) is 19.8 Å². The van der Waals surface area contributed by atoms with Gasteiger partial charge in [-0.1, -0.05) is 24.3 Å². The summed E-state index contributed by atoms with van der Waals surface area (Å²) in [5.74, 6) is -0.725. The van der Waals surface area contributed by atoms with Crippen LogP contribution < -0.4 is 15.6 Å². The summed E-state index contributed by atoms with van der Waals surface area (Å²) < 4.78 is 44.5. The van der Waals surface area contributed by atoms with Crippen molar-refractivity contribution in [1.29, 1.82) is 0 Å². The monoisotopic (exact) mass is 651 g/mol. The first kappa shape index (κ1) is 31.8. The van der Waals surface area contributed by atoms with Crippen molar-refractivity contribution in [1.82, 2.24) is 33.9 Å². The predicted molar refractivity (Wildman–Crippen MR) is 165 cm³/mol. The number of fused-ring (bicyclic) bond motifs is 3. The normalized spacial score (nSPS) is 15.0. The van der Waals surface area contributed by atoms with E-state index in [0.717, 1.165) is 42.1 Å². The average molecular weight is 652 g/mol. The van der Waals surface area contributed by atoms with Gasteiger partial charge >= 0.3 is 6.36 Å². The fourth-order valence-electron chi connectivity index (χ4n) is 5.67. The van der Waals surface area contributed by atoms with Crippen LogP contribution in [-0.2, 0) is 39.3 Å². The molecule has 246 valence electrons. The van der Waals surface area contributed by atoms with Gasteiger partial charge in [-0.25, -0.2) is 0 Å². The minimum absolute atomic E-state index is 0.186. The standard InChI is InChI=1S/C16H15F3N2O3.C16H17N5O2/c17-16(18,19)24-13-3-1-2-11(6-13)8-20-4-5-21-10-15(23)14(22)7-12(21)9-20;22-15-9-12-10-19(5-7-20(12)11-16(15)23)6-8-21-17-13-3-1-2-4-14(13)18-21/h1-3,6-7,10,23H,4-5,8-9H2;1-4,9,11,23H,5-8,10H2. The molecule has 0 bridgehead atoms. The number of nitrogens with zero attached hydrogens (tertiary/aromatic N) is 7. The molecular weight excluding hydrogens is 619 g/mol. The molecule has 0 atom stereocenters. The van der Waals surface area contributed by atoms with E-state index in [-0.39, 0.29) is 22.7 Å². The van der Waals surface area contributed by atoms with Gasteiger partial charge in [-0.2, -0.15) is 15.0 Å². The summed E-state index contributed by atoms with van der Waals surface area (Å²) in [5.41, 5.74) is 3.41. The van der Waals surface area contributed by atoms with Crippen molar-refractivity contribution in [3.8, 4) is 17.2 Å². The Morgan fingerprint density at radius 2 is 1.30 bits per heavy atom. The largest absolute Gasteiger partial charge is 0.573 e. The van der Waals surface area contributed by atoms with Gasteiger partial charge in [-0.05, 0) is 29.8 Å². The van der Waals surface area contributed by atoms with E-state index in [4.69, 9.17) is 0 Å². The van der Waals surface area contributed by atoms with Gasteiger partial charge in [-0.3, -0.25) is 19.4 Å². The molecule has 0 fully saturated rings. The highest BCUT2D eigenvalue weighted by molar-refractivity contribution is 5.72. The number of aromatic hydroxyl groups is 2. The molecule has 15 heteroatoms.